The van der Waals surface area contributed by atoms with Crippen molar-refractivity contribution in [2.75, 3.05) is 7.11 Å². The Bertz CT molecular complexity index is 904. The molecule has 0 bridgehead atoms. The van der Waals surface area contributed by atoms with Crippen molar-refractivity contribution in [1.29, 1.82) is 0 Å². The molecule has 3 rings (SSSR count). The van der Waals surface area contributed by atoms with Gasteiger partial charge in [-0.1, -0.05) is 11.6 Å². The fourth-order valence-corrected chi connectivity index (χ4v) is 2.66. The molecule has 1 aromatic heterocycles. The quantitative estimate of drug-likeness (QED) is 0.696. The molecule has 1 heterocycles. The summed E-state index contributed by atoms with van der Waals surface area (Å²) in [5, 5.41) is 0.387. The Morgan fingerprint density at radius 3 is 2.71 bits per heavy atom. The predicted molar refractivity (Wildman–Crippen MR) is 79.9 cm³/mol. The topological polar surface area (TPSA) is 29.9 Å². The molecule has 0 amide bonds. The first-order valence-corrected chi connectivity index (χ1v) is 6.73. The summed E-state index contributed by atoms with van der Waals surface area (Å²) in [6.07, 6.45) is 0. The van der Waals surface area contributed by atoms with Crippen LogP contribution < -0.4 is 4.74 Å². The van der Waals surface area contributed by atoms with Gasteiger partial charge in [-0.15, -0.1) is 0 Å². The Morgan fingerprint density at radius 2 is 2.00 bits per heavy atom. The van der Waals surface area contributed by atoms with Crippen molar-refractivity contribution in [1.82, 2.24) is 9.55 Å². The number of methoxy groups -OCH3 is 1. The first-order valence-electron chi connectivity index (χ1n) is 5.95. The van der Waals surface area contributed by atoms with Crippen molar-refractivity contribution in [2.45, 2.75) is 0 Å². The molecule has 0 saturated heterocycles. The molecule has 0 atom stereocenters. The van der Waals surface area contributed by atoms with Crippen LogP contribution >= 0.6 is 23.8 Å². The second-order valence-corrected chi connectivity index (χ2v) is 5.16. The normalized spacial score (nSPS) is 11.0. The van der Waals surface area contributed by atoms with Gasteiger partial charge in [0.2, 0.25) is 0 Å². The zero-order valence-electron chi connectivity index (χ0n) is 10.8. The van der Waals surface area contributed by atoms with Crippen LogP contribution in [0.15, 0.2) is 30.3 Å². The number of ether oxygens (including phenoxy) is 1. The van der Waals surface area contributed by atoms with Gasteiger partial charge in [-0.3, -0.25) is 4.57 Å². The molecular formula is C14H9ClF2N2OS. The number of nitrogens with one attached hydrogen (secondary N) is 1. The number of benzene rings is 2. The molecule has 0 radical (unpaired) electrons. The van der Waals surface area contributed by atoms with Crippen molar-refractivity contribution >= 4 is 34.9 Å². The van der Waals surface area contributed by atoms with Gasteiger partial charge in [-0.2, -0.15) is 0 Å². The van der Waals surface area contributed by atoms with Gasteiger partial charge < -0.3 is 9.72 Å². The van der Waals surface area contributed by atoms with Crippen LogP contribution in [0.1, 0.15) is 0 Å². The van der Waals surface area contributed by atoms with Crippen LogP contribution in [-0.4, -0.2) is 16.7 Å². The van der Waals surface area contributed by atoms with Gasteiger partial charge in [0.15, 0.2) is 10.6 Å². The van der Waals surface area contributed by atoms with Gasteiger partial charge in [-0.05, 0) is 24.4 Å². The summed E-state index contributed by atoms with van der Waals surface area (Å²) in [6, 6.07) is 6.96. The fraction of sp³-hybridized carbons (Fsp3) is 0.0714. The number of aromatic nitrogens is 2. The number of hydrogen-bond donors (Lipinski definition) is 1. The number of hydrogen-bond acceptors (Lipinski definition) is 2. The third kappa shape index (κ3) is 2.30. The molecule has 0 fully saturated rings. The van der Waals surface area contributed by atoms with Crippen LogP contribution in [0.25, 0.3) is 16.7 Å². The molecule has 108 valence electrons. The summed E-state index contributed by atoms with van der Waals surface area (Å²) >= 11 is 11.4. The lowest BCUT2D eigenvalue weighted by Gasteiger charge is -2.09. The van der Waals surface area contributed by atoms with E-state index in [0.29, 0.717) is 16.5 Å². The van der Waals surface area contributed by atoms with E-state index in [9.17, 15) is 8.78 Å². The highest BCUT2D eigenvalue weighted by Gasteiger charge is 2.14. The molecule has 3 nitrogen and oxygen atoms in total. The minimum absolute atomic E-state index is 0.125. The van der Waals surface area contributed by atoms with Crippen molar-refractivity contribution in [3.8, 4) is 11.4 Å². The lowest BCUT2D eigenvalue weighted by Crippen LogP contribution is -1.97. The second kappa shape index (κ2) is 5.13. The maximum Gasteiger partial charge on any atom is 0.182 e. The molecule has 0 aliphatic carbocycles. The summed E-state index contributed by atoms with van der Waals surface area (Å²) in [7, 11) is 1.51. The van der Waals surface area contributed by atoms with E-state index in [0.717, 1.165) is 6.07 Å². The van der Waals surface area contributed by atoms with Gasteiger partial charge in [0.25, 0.3) is 0 Å². The van der Waals surface area contributed by atoms with E-state index < -0.39 is 11.6 Å². The molecule has 0 aliphatic rings. The standard InChI is InChI=1S/C14H9ClF2N2OS/c1-20-8-2-3-9(15)11(6-8)19-12-5-7(16)4-10(17)13(12)18-14(19)21/h2-6H,1H3,(H,18,21). The van der Waals surface area contributed by atoms with E-state index in [1.807, 2.05) is 0 Å². The van der Waals surface area contributed by atoms with Gasteiger partial charge in [0.1, 0.15) is 17.1 Å². The largest absolute Gasteiger partial charge is 0.497 e. The molecule has 0 unspecified atom stereocenters. The van der Waals surface area contributed by atoms with Crippen molar-refractivity contribution in [3.05, 3.63) is 51.8 Å². The van der Waals surface area contributed by atoms with Crippen molar-refractivity contribution < 1.29 is 13.5 Å². The first kappa shape index (κ1) is 14.0. The second-order valence-electron chi connectivity index (χ2n) is 4.36. The molecule has 1 N–H and O–H groups in total. The lowest BCUT2D eigenvalue weighted by atomic mass is 10.2. The monoisotopic (exact) mass is 326 g/mol. The number of nitrogens with zero attached hydrogens (tertiary/aromatic N) is 1. The van der Waals surface area contributed by atoms with E-state index in [1.165, 1.54) is 17.7 Å². The Kier molecular flexibility index (Phi) is 3.43. The number of imidazole rings is 1. The highest BCUT2D eigenvalue weighted by atomic mass is 35.5. The minimum atomic E-state index is -0.714. The highest BCUT2D eigenvalue weighted by Crippen LogP contribution is 2.30. The van der Waals surface area contributed by atoms with Crippen LogP contribution in [-0.2, 0) is 0 Å². The Labute approximate surface area is 128 Å². The predicted octanol–water partition coefficient (Wildman–Crippen LogP) is 4.63. The molecule has 0 saturated carbocycles. The number of fused-ring (bicyclic) bond motifs is 1. The number of aromatic amines is 1. The molecule has 0 spiro atoms. The van der Waals surface area contributed by atoms with Crippen LogP contribution in [0.3, 0.4) is 0 Å². The summed E-state index contributed by atoms with van der Waals surface area (Å²) in [6.45, 7) is 0. The lowest BCUT2D eigenvalue weighted by molar-refractivity contribution is 0.414. The van der Waals surface area contributed by atoms with Gasteiger partial charge in [0.05, 0.1) is 23.3 Å². The Hall–Kier alpha value is -1.92. The van der Waals surface area contributed by atoms with Gasteiger partial charge >= 0.3 is 0 Å². The van der Waals surface area contributed by atoms with Crippen LogP contribution in [0.2, 0.25) is 5.02 Å². The van der Waals surface area contributed by atoms with Crippen LogP contribution in [0.5, 0.6) is 5.75 Å². The number of halogens is 3. The Morgan fingerprint density at radius 1 is 1.24 bits per heavy atom. The maximum absolute atomic E-state index is 13.8. The smallest absolute Gasteiger partial charge is 0.182 e. The fourth-order valence-electron chi connectivity index (χ4n) is 2.16. The van der Waals surface area contributed by atoms with Gasteiger partial charge in [0, 0.05) is 18.2 Å². The average molecular weight is 327 g/mol. The van der Waals surface area contributed by atoms with Crippen LogP contribution in [0.4, 0.5) is 8.78 Å². The molecule has 2 aromatic carbocycles. The molecule has 7 heteroatoms. The van der Waals surface area contributed by atoms with E-state index in [2.05, 4.69) is 4.98 Å². The van der Waals surface area contributed by atoms with Crippen LogP contribution in [0, 0.1) is 16.4 Å². The molecule has 0 aliphatic heterocycles. The SMILES string of the molecule is COc1ccc(Cl)c(-n2c(=S)[nH]c3c(F)cc(F)cc32)c1. The van der Waals surface area contributed by atoms with E-state index >= 15 is 0 Å². The first-order chi connectivity index (χ1) is 10.0. The summed E-state index contributed by atoms with van der Waals surface area (Å²) in [5.41, 5.74) is 0.880. The summed E-state index contributed by atoms with van der Waals surface area (Å²) in [5.74, 6) is -0.849. The highest BCUT2D eigenvalue weighted by molar-refractivity contribution is 7.71. The van der Waals surface area contributed by atoms with Crippen molar-refractivity contribution in [2.24, 2.45) is 0 Å². The number of rotatable bonds is 2. The molecular weight excluding hydrogens is 318 g/mol. The van der Waals surface area contributed by atoms with Gasteiger partial charge in [-0.25, -0.2) is 8.78 Å². The number of H-pyrrole nitrogens is 1. The molecule has 3 aromatic rings. The zero-order valence-corrected chi connectivity index (χ0v) is 12.4. The third-order valence-corrected chi connectivity index (χ3v) is 3.71. The summed E-state index contributed by atoms with van der Waals surface area (Å²) in [4.78, 5) is 2.72. The van der Waals surface area contributed by atoms with E-state index in [-0.39, 0.29) is 15.8 Å². The van der Waals surface area contributed by atoms with Crippen molar-refractivity contribution in [3.63, 3.8) is 0 Å². The zero-order chi connectivity index (χ0) is 15.1. The van der Waals surface area contributed by atoms with E-state index in [4.69, 9.17) is 28.6 Å². The molecule has 21 heavy (non-hydrogen) atoms. The van der Waals surface area contributed by atoms with E-state index in [1.54, 1.807) is 18.2 Å². The third-order valence-electron chi connectivity index (χ3n) is 3.10. The summed E-state index contributed by atoms with van der Waals surface area (Å²) < 4.78 is 34.1. The average Bonchev–Trinajstić information content (AvgIpc) is 2.76. The Balaban J connectivity index is 2.40. The maximum atomic E-state index is 13.8. The minimum Gasteiger partial charge on any atom is -0.497 e.